The molecule has 1 fully saturated rings. The minimum absolute atomic E-state index is 0.528. The van der Waals surface area contributed by atoms with Crippen LogP contribution in [0.2, 0.25) is 0 Å². The van der Waals surface area contributed by atoms with Crippen molar-refractivity contribution in [1.82, 2.24) is 14.9 Å². The SMILES string of the molecule is CCCN1CCCC(NCCCNS(C)(=O)=O)CC1. The molecule has 5 nitrogen and oxygen atoms in total. The summed E-state index contributed by atoms with van der Waals surface area (Å²) in [5, 5.41) is 3.55. The van der Waals surface area contributed by atoms with Crippen molar-refractivity contribution >= 4 is 10.0 Å². The average Bonchev–Trinajstić information content (AvgIpc) is 2.54. The van der Waals surface area contributed by atoms with Crippen molar-refractivity contribution in [3.05, 3.63) is 0 Å². The van der Waals surface area contributed by atoms with Crippen molar-refractivity contribution in [3.8, 4) is 0 Å². The van der Waals surface area contributed by atoms with Crippen LogP contribution in [0.25, 0.3) is 0 Å². The van der Waals surface area contributed by atoms with Gasteiger partial charge >= 0.3 is 0 Å². The second-order valence-electron chi connectivity index (χ2n) is 5.44. The third-order valence-electron chi connectivity index (χ3n) is 3.51. The number of hydrogen-bond acceptors (Lipinski definition) is 4. The van der Waals surface area contributed by atoms with E-state index in [0.717, 1.165) is 13.0 Å². The van der Waals surface area contributed by atoms with E-state index in [0.29, 0.717) is 12.6 Å². The van der Waals surface area contributed by atoms with E-state index in [1.807, 2.05) is 0 Å². The van der Waals surface area contributed by atoms with Gasteiger partial charge in [-0.05, 0) is 58.3 Å². The standard InChI is InChI=1S/C13H29N3O2S/c1-3-10-16-11-4-6-13(7-12-16)14-8-5-9-15-19(2,17)18/h13-15H,3-12H2,1-2H3. The second-order valence-corrected chi connectivity index (χ2v) is 7.28. The maximum Gasteiger partial charge on any atom is 0.208 e. The third-order valence-corrected chi connectivity index (χ3v) is 4.24. The molecule has 0 bridgehead atoms. The molecule has 0 aromatic carbocycles. The Morgan fingerprint density at radius 1 is 1.21 bits per heavy atom. The number of rotatable bonds is 8. The molecule has 0 aromatic heterocycles. The molecule has 1 saturated heterocycles. The molecule has 1 rings (SSSR count). The van der Waals surface area contributed by atoms with Gasteiger partial charge in [-0.1, -0.05) is 6.92 Å². The van der Waals surface area contributed by atoms with Crippen LogP contribution in [0.1, 0.15) is 39.0 Å². The Labute approximate surface area is 118 Å². The van der Waals surface area contributed by atoms with E-state index >= 15 is 0 Å². The van der Waals surface area contributed by atoms with Crippen LogP contribution in [0.15, 0.2) is 0 Å². The van der Waals surface area contributed by atoms with Crippen molar-refractivity contribution in [3.63, 3.8) is 0 Å². The summed E-state index contributed by atoms with van der Waals surface area (Å²) >= 11 is 0. The molecule has 0 radical (unpaired) electrons. The highest BCUT2D eigenvalue weighted by Crippen LogP contribution is 2.11. The van der Waals surface area contributed by atoms with Crippen LogP contribution in [0, 0.1) is 0 Å². The average molecular weight is 291 g/mol. The predicted octanol–water partition coefficient (Wildman–Crippen LogP) is 0.780. The van der Waals surface area contributed by atoms with Crippen molar-refractivity contribution in [2.24, 2.45) is 0 Å². The Bertz CT molecular complexity index is 333. The Morgan fingerprint density at radius 3 is 2.68 bits per heavy atom. The molecule has 6 heteroatoms. The summed E-state index contributed by atoms with van der Waals surface area (Å²) in [4.78, 5) is 2.55. The zero-order valence-corrected chi connectivity index (χ0v) is 13.1. The van der Waals surface area contributed by atoms with Gasteiger partial charge in [-0.2, -0.15) is 0 Å². The van der Waals surface area contributed by atoms with E-state index in [-0.39, 0.29) is 0 Å². The van der Waals surface area contributed by atoms with Crippen LogP contribution < -0.4 is 10.0 Å². The fourth-order valence-electron chi connectivity index (χ4n) is 2.55. The second kappa shape index (κ2) is 8.89. The molecular formula is C13H29N3O2S. The van der Waals surface area contributed by atoms with Gasteiger partial charge in [0.15, 0.2) is 0 Å². The Hall–Kier alpha value is -0.170. The molecule has 114 valence electrons. The summed E-state index contributed by atoms with van der Waals surface area (Å²) in [5.74, 6) is 0. The van der Waals surface area contributed by atoms with Crippen LogP contribution in [-0.4, -0.2) is 58.3 Å². The predicted molar refractivity (Wildman–Crippen MR) is 79.8 cm³/mol. The van der Waals surface area contributed by atoms with Gasteiger partial charge < -0.3 is 10.2 Å². The van der Waals surface area contributed by atoms with E-state index < -0.39 is 10.0 Å². The lowest BCUT2D eigenvalue weighted by Crippen LogP contribution is -2.33. The maximum absolute atomic E-state index is 10.9. The highest BCUT2D eigenvalue weighted by atomic mass is 32.2. The molecule has 1 aliphatic rings. The smallest absolute Gasteiger partial charge is 0.208 e. The third kappa shape index (κ3) is 8.57. The first kappa shape index (κ1) is 16.9. The molecule has 19 heavy (non-hydrogen) atoms. The van der Waals surface area contributed by atoms with Crippen LogP contribution in [0.5, 0.6) is 0 Å². The molecule has 1 atom stereocenters. The number of sulfonamides is 1. The van der Waals surface area contributed by atoms with E-state index in [1.165, 1.54) is 51.6 Å². The van der Waals surface area contributed by atoms with Gasteiger partial charge in [0, 0.05) is 12.6 Å². The first-order chi connectivity index (χ1) is 9.01. The summed E-state index contributed by atoms with van der Waals surface area (Å²) in [7, 11) is -3.03. The normalized spacial score (nSPS) is 22.3. The van der Waals surface area contributed by atoms with Gasteiger partial charge in [-0.3, -0.25) is 0 Å². The van der Waals surface area contributed by atoms with Crippen LogP contribution in [0.4, 0.5) is 0 Å². The van der Waals surface area contributed by atoms with Crippen molar-refractivity contribution in [2.75, 3.05) is 39.0 Å². The monoisotopic (exact) mass is 291 g/mol. The number of nitrogens with zero attached hydrogens (tertiary/aromatic N) is 1. The van der Waals surface area contributed by atoms with Gasteiger partial charge in [-0.15, -0.1) is 0 Å². The minimum Gasteiger partial charge on any atom is -0.314 e. The largest absolute Gasteiger partial charge is 0.314 e. The van der Waals surface area contributed by atoms with Crippen molar-refractivity contribution in [1.29, 1.82) is 0 Å². The van der Waals surface area contributed by atoms with E-state index in [4.69, 9.17) is 0 Å². The first-order valence-corrected chi connectivity index (χ1v) is 9.31. The molecule has 1 aliphatic heterocycles. The Balaban J connectivity index is 2.09. The molecule has 1 unspecified atom stereocenters. The number of nitrogens with one attached hydrogen (secondary N) is 2. The Kier molecular flexibility index (Phi) is 7.90. The lowest BCUT2D eigenvalue weighted by atomic mass is 10.1. The molecule has 1 heterocycles. The molecule has 0 spiro atoms. The highest BCUT2D eigenvalue weighted by molar-refractivity contribution is 7.88. The van der Waals surface area contributed by atoms with Gasteiger partial charge in [0.25, 0.3) is 0 Å². The van der Waals surface area contributed by atoms with Crippen molar-refractivity contribution < 1.29 is 8.42 Å². The van der Waals surface area contributed by atoms with Gasteiger partial charge in [0.05, 0.1) is 6.26 Å². The summed E-state index contributed by atoms with van der Waals surface area (Å²) in [6.07, 6.45) is 6.99. The zero-order chi connectivity index (χ0) is 14.1. The molecule has 0 amide bonds. The molecule has 0 saturated carbocycles. The minimum atomic E-state index is -3.03. The summed E-state index contributed by atoms with van der Waals surface area (Å²) < 4.78 is 24.3. The maximum atomic E-state index is 10.9. The zero-order valence-electron chi connectivity index (χ0n) is 12.3. The lowest BCUT2D eigenvalue weighted by molar-refractivity contribution is 0.282. The molecule has 0 aromatic rings. The topological polar surface area (TPSA) is 61.4 Å². The van der Waals surface area contributed by atoms with E-state index in [1.54, 1.807) is 0 Å². The van der Waals surface area contributed by atoms with Crippen LogP contribution in [-0.2, 0) is 10.0 Å². The summed E-state index contributed by atoms with van der Waals surface area (Å²) in [5.41, 5.74) is 0. The highest BCUT2D eigenvalue weighted by Gasteiger charge is 2.15. The molecular weight excluding hydrogens is 262 g/mol. The van der Waals surface area contributed by atoms with E-state index in [2.05, 4.69) is 21.9 Å². The van der Waals surface area contributed by atoms with Crippen molar-refractivity contribution in [2.45, 2.75) is 45.1 Å². The fraction of sp³-hybridized carbons (Fsp3) is 1.00. The van der Waals surface area contributed by atoms with Gasteiger partial charge in [-0.25, -0.2) is 13.1 Å². The summed E-state index contributed by atoms with van der Waals surface area (Å²) in [6.45, 7) is 7.27. The number of hydrogen-bond donors (Lipinski definition) is 2. The molecule has 0 aliphatic carbocycles. The molecule has 2 N–H and O–H groups in total. The van der Waals surface area contributed by atoms with Gasteiger partial charge in [0.1, 0.15) is 0 Å². The first-order valence-electron chi connectivity index (χ1n) is 7.41. The quantitative estimate of drug-likeness (QED) is 0.649. The summed E-state index contributed by atoms with van der Waals surface area (Å²) in [6, 6.07) is 0.597. The van der Waals surface area contributed by atoms with Crippen LogP contribution >= 0.6 is 0 Å². The number of likely N-dealkylation sites (tertiary alicyclic amines) is 1. The Morgan fingerprint density at radius 2 is 2.00 bits per heavy atom. The van der Waals surface area contributed by atoms with Gasteiger partial charge in [0.2, 0.25) is 10.0 Å². The fourth-order valence-corrected chi connectivity index (χ4v) is 3.07. The lowest BCUT2D eigenvalue weighted by Gasteiger charge is -2.19. The van der Waals surface area contributed by atoms with E-state index in [9.17, 15) is 8.42 Å². The van der Waals surface area contributed by atoms with Crippen LogP contribution in [0.3, 0.4) is 0 Å².